The number of benzene rings is 1. The molecule has 1 aromatic rings. The zero-order valence-electron chi connectivity index (χ0n) is 17.8. The Balaban J connectivity index is 0.00000450. The Morgan fingerprint density at radius 1 is 1.30 bits per heavy atom. The van der Waals surface area contributed by atoms with Gasteiger partial charge in [0.2, 0.25) is 0 Å². The number of guanidine groups is 1. The van der Waals surface area contributed by atoms with Crippen LogP contribution in [0.3, 0.4) is 0 Å². The normalized spacial score (nSPS) is 15.9. The molecule has 0 aliphatic carbocycles. The zero-order chi connectivity index (χ0) is 20.9. The zero-order valence-corrected chi connectivity index (χ0v) is 20.2. The van der Waals surface area contributed by atoms with Crippen LogP contribution in [0.2, 0.25) is 0 Å². The van der Waals surface area contributed by atoms with Gasteiger partial charge in [0.05, 0.1) is 24.7 Å². The average Bonchev–Trinajstić information content (AvgIpc) is 2.75. The van der Waals surface area contributed by atoms with Crippen molar-refractivity contribution in [2.45, 2.75) is 32.9 Å². The molecule has 1 aliphatic heterocycles. The van der Waals surface area contributed by atoms with Gasteiger partial charge in [-0.25, -0.2) is 4.99 Å². The van der Waals surface area contributed by atoms with Gasteiger partial charge in [0, 0.05) is 57.6 Å². The summed E-state index contributed by atoms with van der Waals surface area (Å²) >= 11 is 0. The maximum Gasteiger partial charge on any atom is 0.269 e. The first kappa shape index (κ1) is 26.5. The summed E-state index contributed by atoms with van der Waals surface area (Å²) in [6.45, 7) is 11.0. The van der Waals surface area contributed by atoms with Gasteiger partial charge in [-0.1, -0.05) is 12.1 Å². The van der Waals surface area contributed by atoms with Crippen LogP contribution in [0.15, 0.2) is 29.3 Å². The summed E-state index contributed by atoms with van der Waals surface area (Å²) in [7, 11) is 0. The Kier molecular flexibility index (Phi) is 13.6. The molecule has 2 rings (SSSR count). The van der Waals surface area contributed by atoms with Crippen molar-refractivity contribution >= 4 is 35.6 Å². The first-order valence-corrected chi connectivity index (χ1v) is 10.2. The van der Waals surface area contributed by atoms with E-state index in [1.807, 2.05) is 6.92 Å². The summed E-state index contributed by atoms with van der Waals surface area (Å²) < 4.78 is 10.8. The third-order valence-electron chi connectivity index (χ3n) is 4.76. The topological polar surface area (TPSA) is 101 Å². The van der Waals surface area contributed by atoms with E-state index in [1.54, 1.807) is 12.1 Å². The van der Waals surface area contributed by atoms with Gasteiger partial charge in [0.25, 0.3) is 5.69 Å². The van der Waals surface area contributed by atoms with E-state index in [0.29, 0.717) is 19.2 Å². The van der Waals surface area contributed by atoms with Gasteiger partial charge in [0.1, 0.15) is 0 Å². The van der Waals surface area contributed by atoms with Gasteiger partial charge in [0.15, 0.2) is 5.96 Å². The summed E-state index contributed by atoms with van der Waals surface area (Å²) in [5, 5.41) is 17.5. The molecule has 0 spiro atoms. The lowest BCUT2D eigenvalue weighted by molar-refractivity contribution is -0.384. The van der Waals surface area contributed by atoms with Crippen molar-refractivity contribution in [3.05, 3.63) is 39.9 Å². The van der Waals surface area contributed by atoms with Crippen molar-refractivity contribution in [1.29, 1.82) is 0 Å². The van der Waals surface area contributed by atoms with E-state index in [4.69, 9.17) is 9.47 Å². The van der Waals surface area contributed by atoms with Crippen LogP contribution in [-0.2, 0) is 16.0 Å². The van der Waals surface area contributed by atoms with Crippen LogP contribution < -0.4 is 10.6 Å². The number of nitro groups is 1. The second kappa shape index (κ2) is 15.3. The Morgan fingerprint density at radius 2 is 2.00 bits per heavy atom. The van der Waals surface area contributed by atoms with Crippen LogP contribution in [0.4, 0.5) is 5.69 Å². The molecule has 1 aliphatic rings. The van der Waals surface area contributed by atoms with Gasteiger partial charge < -0.3 is 20.1 Å². The average molecular weight is 535 g/mol. The highest BCUT2D eigenvalue weighted by atomic mass is 127. The summed E-state index contributed by atoms with van der Waals surface area (Å²) in [6.07, 6.45) is 0.894. The number of rotatable bonds is 11. The highest BCUT2D eigenvalue weighted by Gasteiger charge is 2.17. The molecule has 0 radical (unpaired) electrons. The van der Waals surface area contributed by atoms with Gasteiger partial charge in [-0.05, 0) is 25.8 Å². The molecular weight excluding hydrogens is 501 g/mol. The predicted octanol–water partition coefficient (Wildman–Crippen LogP) is 2.40. The summed E-state index contributed by atoms with van der Waals surface area (Å²) in [6, 6.07) is 6.87. The number of non-ortho nitro benzene ring substituents is 1. The number of ether oxygens (including phenoxy) is 2. The Labute approximate surface area is 195 Å². The molecule has 170 valence electrons. The smallest absolute Gasteiger partial charge is 0.269 e. The van der Waals surface area contributed by atoms with Gasteiger partial charge in [-0.15, -0.1) is 24.0 Å². The van der Waals surface area contributed by atoms with Crippen LogP contribution in [0, 0.1) is 10.1 Å². The number of nitro benzene ring substituents is 1. The molecule has 1 atom stereocenters. The van der Waals surface area contributed by atoms with Crippen molar-refractivity contribution in [2.75, 3.05) is 52.6 Å². The van der Waals surface area contributed by atoms with Gasteiger partial charge in [-0.2, -0.15) is 0 Å². The summed E-state index contributed by atoms with van der Waals surface area (Å²) in [5.41, 5.74) is 1.01. The van der Waals surface area contributed by atoms with E-state index in [1.165, 1.54) is 12.1 Å². The monoisotopic (exact) mass is 535 g/mol. The van der Waals surface area contributed by atoms with Crippen molar-refractivity contribution in [3.63, 3.8) is 0 Å². The molecule has 2 N–H and O–H groups in total. The van der Waals surface area contributed by atoms with E-state index in [0.717, 1.165) is 63.9 Å². The predicted molar refractivity (Wildman–Crippen MR) is 129 cm³/mol. The lowest BCUT2D eigenvalue weighted by Gasteiger charge is -2.32. The minimum Gasteiger partial charge on any atom is -0.382 e. The molecule has 10 heteroatoms. The molecule has 0 saturated carbocycles. The molecule has 1 aromatic carbocycles. The van der Waals surface area contributed by atoms with Crippen LogP contribution >= 0.6 is 24.0 Å². The quantitative estimate of drug-likeness (QED) is 0.112. The third-order valence-corrected chi connectivity index (χ3v) is 4.76. The number of hydrogen-bond acceptors (Lipinski definition) is 6. The molecule has 1 saturated heterocycles. The van der Waals surface area contributed by atoms with E-state index >= 15 is 0 Å². The fourth-order valence-corrected chi connectivity index (χ4v) is 2.98. The van der Waals surface area contributed by atoms with Crippen molar-refractivity contribution in [2.24, 2.45) is 4.99 Å². The molecular formula is C20H34IN5O4. The fourth-order valence-electron chi connectivity index (χ4n) is 2.98. The van der Waals surface area contributed by atoms with Crippen molar-refractivity contribution in [1.82, 2.24) is 15.5 Å². The van der Waals surface area contributed by atoms with E-state index < -0.39 is 4.92 Å². The van der Waals surface area contributed by atoms with Crippen molar-refractivity contribution in [3.8, 4) is 0 Å². The Bertz CT molecular complexity index is 639. The maximum atomic E-state index is 10.8. The number of nitrogens with zero attached hydrogens (tertiary/aromatic N) is 3. The van der Waals surface area contributed by atoms with E-state index in [2.05, 4.69) is 27.4 Å². The van der Waals surface area contributed by atoms with Crippen LogP contribution in [-0.4, -0.2) is 74.4 Å². The fraction of sp³-hybridized carbons (Fsp3) is 0.650. The highest BCUT2D eigenvalue weighted by Crippen LogP contribution is 2.12. The first-order chi connectivity index (χ1) is 14.1. The van der Waals surface area contributed by atoms with Gasteiger partial charge >= 0.3 is 0 Å². The molecule has 1 heterocycles. The van der Waals surface area contributed by atoms with Crippen LogP contribution in [0.5, 0.6) is 0 Å². The Hall–Kier alpha value is -1.50. The minimum atomic E-state index is -0.396. The molecule has 0 aromatic heterocycles. The SMILES string of the molecule is CCOCCCNC(=NCc1ccc([N+](=O)[O-])cc1)NCC(C)N1CCOCC1.I. The number of hydrogen-bond donors (Lipinski definition) is 2. The number of halogens is 1. The number of aliphatic imine (C=N–C) groups is 1. The molecule has 0 bridgehead atoms. The molecule has 30 heavy (non-hydrogen) atoms. The largest absolute Gasteiger partial charge is 0.382 e. The van der Waals surface area contributed by atoms with Crippen molar-refractivity contribution < 1.29 is 14.4 Å². The van der Waals surface area contributed by atoms with E-state index in [9.17, 15) is 10.1 Å². The molecule has 0 amide bonds. The first-order valence-electron chi connectivity index (χ1n) is 10.2. The summed E-state index contributed by atoms with van der Waals surface area (Å²) in [4.78, 5) is 17.4. The highest BCUT2D eigenvalue weighted by molar-refractivity contribution is 14.0. The number of nitrogens with one attached hydrogen (secondary N) is 2. The lowest BCUT2D eigenvalue weighted by Crippen LogP contribution is -2.49. The lowest BCUT2D eigenvalue weighted by atomic mass is 10.2. The number of morpholine rings is 1. The Morgan fingerprint density at radius 3 is 2.63 bits per heavy atom. The standard InChI is InChI=1S/C20H33N5O4.HI/c1-3-28-12-4-9-21-20(22-15-17(2)24-10-13-29-14-11-24)23-16-18-5-7-19(8-6-18)25(26)27;/h5-8,17H,3-4,9-16H2,1-2H3,(H2,21,22,23);1H. The third kappa shape index (κ3) is 10.0. The maximum absolute atomic E-state index is 10.8. The minimum absolute atomic E-state index is 0. The van der Waals surface area contributed by atoms with Crippen LogP contribution in [0.1, 0.15) is 25.8 Å². The summed E-state index contributed by atoms with van der Waals surface area (Å²) in [5.74, 6) is 0.736. The van der Waals surface area contributed by atoms with E-state index in [-0.39, 0.29) is 29.7 Å². The van der Waals surface area contributed by atoms with Crippen LogP contribution in [0.25, 0.3) is 0 Å². The molecule has 9 nitrogen and oxygen atoms in total. The second-order valence-corrected chi connectivity index (χ2v) is 6.94. The van der Waals surface area contributed by atoms with Gasteiger partial charge in [-0.3, -0.25) is 15.0 Å². The second-order valence-electron chi connectivity index (χ2n) is 6.94. The molecule has 1 unspecified atom stereocenters. The molecule has 1 fully saturated rings.